The van der Waals surface area contributed by atoms with Crippen molar-refractivity contribution in [3.05, 3.63) is 73.3 Å². The summed E-state index contributed by atoms with van der Waals surface area (Å²) in [6.07, 6.45) is 5.79. The van der Waals surface area contributed by atoms with E-state index >= 15 is 0 Å². The number of unbranched alkanes of at least 4 members (excludes halogenated alkanes) is 1. The van der Waals surface area contributed by atoms with Crippen LogP contribution >= 0.6 is 0 Å². The molecular weight excluding hydrogens is 306 g/mol. The van der Waals surface area contributed by atoms with Gasteiger partial charge in [-0.15, -0.1) is 6.58 Å². The van der Waals surface area contributed by atoms with Crippen LogP contribution in [0.4, 0.5) is 0 Å². The highest BCUT2D eigenvalue weighted by atomic mass is 28.3. The average Bonchev–Trinajstić information content (AvgIpc) is 2.66. The molecular formula is C22H27NSi. The summed E-state index contributed by atoms with van der Waals surface area (Å²) in [5.74, 6) is 0. The van der Waals surface area contributed by atoms with E-state index in [1.165, 1.54) is 10.4 Å². The van der Waals surface area contributed by atoms with Gasteiger partial charge >= 0.3 is 0 Å². The minimum Gasteiger partial charge on any atom is -0.198 e. The molecule has 0 spiro atoms. The topological polar surface area (TPSA) is 23.8 Å². The molecule has 0 aliphatic heterocycles. The molecule has 0 saturated carbocycles. The average molecular weight is 334 g/mol. The van der Waals surface area contributed by atoms with Gasteiger partial charge in [0, 0.05) is 0 Å². The van der Waals surface area contributed by atoms with Crippen LogP contribution in [0, 0.1) is 11.3 Å². The normalized spacial score (nSPS) is 13.7. The van der Waals surface area contributed by atoms with E-state index in [4.69, 9.17) is 0 Å². The molecule has 0 aromatic heterocycles. The molecule has 2 rings (SSSR count). The van der Waals surface area contributed by atoms with Gasteiger partial charge in [-0.1, -0.05) is 103 Å². The molecule has 2 aromatic rings. The third-order valence-electron chi connectivity index (χ3n) is 5.32. The van der Waals surface area contributed by atoms with Crippen LogP contribution in [0.5, 0.6) is 0 Å². The Labute approximate surface area is 147 Å². The maximum absolute atomic E-state index is 10.3. The van der Waals surface area contributed by atoms with Crippen LogP contribution < -0.4 is 10.4 Å². The molecule has 0 fully saturated rings. The number of benzene rings is 2. The van der Waals surface area contributed by atoms with Crippen LogP contribution in [0.2, 0.25) is 11.6 Å². The second-order valence-corrected chi connectivity index (χ2v) is 11.0. The molecule has 0 aliphatic rings. The highest BCUT2D eigenvalue weighted by molar-refractivity contribution is 7.04. The maximum atomic E-state index is 10.3. The van der Waals surface area contributed by atoms with Gasteiger partial charge in [0.2, 0.25) is 0 Å². The van der Waals surface area contributed by atoms with Crippen molar-refractivity contribution in [2.45, 2.75) is 44.2 Å². The first-order valence-corrected chi connectivity index (χ1v) is 11.3. The lowest BCUT2D eigenvalue weighted by Crippen LogP contribution is -2.63. The Bertz CT molecular complexity index is 647. The van der Waals surface area contributed by atoms with Crippen molar-refractivity contribution in [3.8, 4) is 6.07 Å². The lowest BCUT2D eigenvalue weighted by atomic mass is 9.98. The van der Waals surface area contributed by atoms with E-state index in [0.29, 0.717) is 0 Å². The minimum atomic E-state index is -2.27. The summed E-state index contributed by atoms with van der Waals surface area (Å²) < 4.78 is 0. The predicted molar refractivity (Wildman–Crippen MR) is 106 cm³/mol. The van der Waals surface area contributed by atoms with Crippen LogP contribution in [0.3, 0.4) is 0 Å². The molecule has 0 saturated heterocycles. The molecule has 2 heteroatoms. The van der Waals surface area contributed by atoms with Crippen LogP contribution in [0.25, 0.3) is 0 Å². The number of rotatable bonds is 8. The van der Waals surface area contributed by atoms with E-state index in [2.05, 4.69) is 86.8 Å². The number of hydrogen-bond acceptors (Lipinski definition) is 1. The maximum Gasteiger partial charge on any atom is 0.136 e. The summed E-state index contributed by atoms with van der Waals surface area (Å²) in [6.45, 7) is 8.53. The Balaban J connectivity index is 2.72. The first-order chi connectivity index (χ1) is 11.6. The largest absolute Gasteiger partial charge is 0.198 e. The third-order valence-corrected chi connectivity index (χ3v) is 10.8. The standard InChI is InChI=1S/C22H27NSi/c1-4-6-18-22(19-23,17-5-2)24(3,20-13-9-7-10-14-20)21-15-11-8-12-16-21/h5,7-16H,2,4,6,17-18H2,1,3H3. The van der Waals surface area contributed by atoms with E-state index in [9.17, 15) is 5.26 Å². The molecule has 0 aliphatic carbocycles. The highest BCUT2D eigenvalue weighted by Gasteiger charge is 2.51. The molecule has 0 N–H and O–H groups in total. The summed E-state index contributed by atoms with van der Waals surface area (Å²) in [7, 11) is -2.27. The fourth-order valence-electron chi connectivity index (χ4n) is 3.76. The van der Waals surface area contributed by atoms with E-state index in [0.717, 1.165) is 25.7 Å². The lowest BCUT2D eigenvalue weighted by Gasteiger charge is -2.43. The third kappa shape index (κ3) is 3.23. The summed E-state index contributed by atoms with van der Waals surface area (Å²) in [6, 6.07) is 24.1. The predicted octanol–water partition coefficient (Wildman–Crippen LogP) is 4.91. The fraction of sp³-hybridized carbons (Fsp3) is 0.318. The fourth-order valence-corrected chi connectivity index (χ4v) is 8.37. The Kier molecular flexibility index (Phi) is 6.17. The Hall–Kier alpha value is -2.11. The summed E-state index contributed by atoms with van der Waals surface area (Å²) >= 11 is 0. The molecule has 124 valence electrons. The van der Waals surface area contributed by atoms with Crippen molar-refractivity contribution >= 4 is 18.4 Å². The van der Waals surface area contributed by atoms with Gasteiger partial charge in [0.1, 0.15) is 8.07 Å². The molecule has 0 radical (unpaired) electrons. The zero-order valence-corrected chi connectivity index (χ0v) is 15.8. The van der Waals surface area contributed by atoms with E-state index in [1.807, 2.05) is 6.08 Å². The van der Waals surface area contributed by atoms with Crippen molar-refractivity contribution in [2.75, 3.05) is 0 Å². The molecule has 1 atom stereocenters. The van der Waals surface area contributed by atoms with E-state index < -0.39 is 8.07 Å². The first-order valence-electron chi connectivity index (χ1n) is 8.78. The molecule has 1 unspecified atom stereocenters. The molecule has 0 bridgehead atoms. The van der Waals surface area contributed by atoms with Crippen molar-refractivity contribution < 1.29 is 0 Å². The Morgan fingerprint density at radius 2 is 1.54 bits per heavy atom. The van der Waals surface area contributed by atoms with Gasteiger partial charge in [-0.2, -0.15) is 5.26 Å². The Morgan fingerprint density at radius 1 is 1.04 bits per heavy atom. The minimum absolute atomic E-state index is 0.368. The van der Waals surface area contributed by atoms with Gasteiger partial charge in [0.05, 0.1) is 11.1 Å². The van der Waals surface area contributed by atoms with E-state index in [-0.39, 0.29) is 5.04 Å². The van der Waals surface area contributed by atoms with Crippen LogP contribution in [0.15, 0.2) is 73.3 Å². The zero-order chi connectivity index (χ0) is 17.5. The van der Waals surface area contributed by atoms with Crippen LogP contribution in [-0.4, -0.2) is 8.07 Å². The monoisotopic (exact) mass is 333 g/mol. The smallest absolute Gasteiger partial charge is 0.136 e. The van der Waals surface area contributed by atoms with Gasteiger partial charge in [-0.05, 0) is 12.8 Å². The summed E-state index contributed by atoms with van der Waals surface area (Å²) in [4.78, 5) is 0. The summed E-state index contributed by atoms with van der Waals surface area (Å²) in [5.41, 5.74) is 0. The lowest BCUT2D eigenvalue weighted by molar-refractivity contribution is 0.575. The molecule has 24 heavy (non-hydrogen) atoms. The number of nitriles is 1. The van der Waals surface area contributed by atoms with Gasteiger partial charge < -0.3 is 0 Å². The van der Waals surface area contributed by atoms with Crippen molar-refractivity contribution in [1.82, 2.24) is 0 Å². The SMILES string of the molecule is C=CCC(C#N)(CCCC)[Si](C)(c1ccccc1)c1ccccc1. The first kappa shape index (κ1) is 18.2. The number of hydrogen-bond donors (Lipinski definition) is 0. The van der Waals surface area contributed by atoms with Crippen molar-refractivity contribution in [3.63, 3.8) is 0 Å². The second kappa shape index (κ2) is 8.12. The van der Waals surface area contributed by atoms with Crippen molar-refractivity contribution in [2.24, 2.45) is 0 Å². The molecule has 0 amide bonds. The van der Waals surface area contributed by atoms with Gasteiger partial charge in [0.15, 0.2) is 0 Å². The summed E-state index contributed by atoms with van der Waals surface area (Å²) in [5, 5.41) is 12.6. The zero-order valence-electron chi connectivity index (χ0n) is 14.8. The molecule has 2 aromatic carbocycles. The molecule has 1 nitrogen and oxygen atoms in total. The second-order valence-electron chi connectivity index (χ2n) is 6.65. The Morgan fingerprint density at radius 3 is 1.92 bits per heavy atom. The van der Waals surface area contributed by atoms with Crippen molar-refractivity contribution in [1.29, 1.82) is 5.26 Å². The number of nitrogens with zero attached hydrogens (tertiary/aromatic N) is 1. The molecule has 0 heterocycles. The van der Waals surface area contributed by atoms with Gasteiger partial charge in [0.25, 0.3) is 0 Å². The van der Waals surface area contributed by atoms with E-state index in [1.54, 1.807) is 0 Å². The van der Waals surface area contributed by atoms with Gasteiger partial charge in [-0.25, -0.2) is 0 Å². The van der Waals surface area contributed by atoms with Crippen LogP contribution in [0.1, 0.15) is 32.6 Å². The van der Waals surface area contributed by atoms with Gasteiger partial charge in [-0.3, -0.25) is 0 Å². The highest BCUT2D eigenvalue weighted by Crippen LogP contribution is 2.45. The van der Waals surface area contributed by atoms with Crippen LogP contribution in [-0.2, 0) is 0 Å². The quantitative estimate of drug-likeness (QED) is 0.497. The number of allylic oxidation sites excluding steroid dienone is 1.